The van der Waals surface area contributed by atoms with Crippen molar-refractivity contribution in [2.24, 2.45) is 0 Å². The van der Waals surface area contributed by atoms with E-state index >= 15 is 0 Å². The quantitative estimate of drug-likeness (QED) is 0.571. The Hall–Kier alpha value is -2.10. The van der Waals surface area contributed by atoms with E-state index in [0.717, 1.165) is 6.07 Å². The number of benzene rings is 1. The Bertz CT molecular complexity index is 478. The van der Waals surface area contributed by atoms with E-state index in [0.29, 0.717) is 5.56 Å². The van der Waals surface area contributed by atoms with Gasteiger partial charge in [-0.2, -0.15) is 0 Å². The number of hydrogen-bond donors (Lipinski definition) is 2. The Balaban J connectivity index is 0.000000433. The molecular formula is C17H24O4. The molecule has 0 aliphatic carbocycles. The summed E-state index contributed by atoms with van der Waals surface area (Å²) >= 11 is 0. The van der Waals surface area contributed by atoms with Crippen molar-refractivity contribution in [1.82, 2.24) is 0 Å². The minimum atomic E-state index is -1.12. The van der Waals surface area contributed by atoms with Gasteiger partial charge in [-0.25, -0.2) is 9.59 Å². The van der Waals surface area contributed by atoms with Crippen LogP contribution in [0.15, 0.2) is 30.9 Å². The van der Waals surface area contributed by atoms with Gasteiger partial charge < -0.3 is 10.2 Å². The maximum atomic E-state index is 10.6. The molecule has 0 unspecified atom stereocenters. The number of aromatic carboxylic acids is 2. The second kappa shape index (κ2) is 10.7. The summed E-state index contributed by atoms with van der Waals surface area (Å²) in [7, 11) is 0. The van der Waals surface area contributed by atoms with Gasteiger partial charge in [0.15, 0.2) is 0 Å². The Morgan fingerprint density at radius 1 is 1.14 bits per heavy atom. The molecule has 2 N–H and O–H groups in total. The van der Waals surface area contributed by atoms with Crippen LogP contribution in [-0.4, -0.2) is 22.2 Å². The molecular weight excluding hydrogens is 268 g/mol. The summed E-state index contributed by atoms with van der Waals surface area (Å²) in [5.74, 6) is -2.23. The van der Waals surface area contributed by atoms with Crippen LogP contribution in [0.3, 0.4) is 0 Å². The van der Waals surface area contributed by atoms with Crippen molar-refractivity contribution in [3.8, 4) is 0 Å². The molecule has 1 aromatic rings. The smallest absolute Gasteiger partial charge is 0.335 e. The van der Waals surface area contributed by atoms with Crippen LogP contribution >= 0.6 is 0 Å². The molecule has 0 fully saturated rings. The van der Waals surface area contributed by atoms with Gasteiger partial charge in [0.2, 0.25) is 0 Å². The molecule has 0 aliphatic rings. The number of carboxylic acid groups (broad SMARTS) is 2. The highest BCUT2D eigenvalue weighted by Gasteiger charge is 2.10. The Kier molecular flexibility index (Phi) is 9.59. The molecule has 0 saturated heterocycles. The highest BCUT2D eigenvalue weighted by molar-refractivity contribution is 5.94. The fourth-order valence-corrected chi connectivity index (χ4v) is 1.70. The molecule has 0 radical (unpaired) electrons. The third-order valence-corrected chi connectivity index (χ3v) is 2.98. The highest BCUT2D eigenvalue weighted by Crippen LogP contribution is 2.11. The van der Waals surface area contributed by atoms with Crippen LogP contribution in [0.2, 0.25) is 0 Å². The monoisotopic (exact) mass is 292 g/mol. The average molecular weight is 292 g/mol. The van der Waals surface area contributed by atoms with Crippen LogP contribution in [-0.2, 0) is 0 Å². The van der Waals surface area contributed by atoms with Crippen LogP contribution in [0, 0.1) is 6.92 Å². The SMILES string of the molecule is C=CCCCCCC.Cc1ccc(C(=O)O)cc1C(=O)O. The van der Waals surface area contributed by atoms with Crippen molar-refractivity contribution in [3.05, 3.63) is 47.5 Å². The fraction of sp³-hybridized carbons (Fsp3) is 0.412. The van der Waals surface area contributed by atoms with E-state index in [1.807, 2.05) is 6.08 Å². The molecule has 4 heteroatoms. The molecule has 1 rings (SSSR count). The van der Waals surface area contributed by atoms with E-state index in [-0.39, 0.29) is 11.1 Å². The van der Waals surface area contributed by atoms with Gasteiger partial charge in [-0.15, -0.1) is 6.58 Å². The van der Waals surface area contributed by atoms with E-state index in [4.69, 9.17) is 10.2 Å². The lowest BCUT2D eigenvalue weighted by atomic mass is 10.1. The third kappa shape index (κ3) is 7.92. The summed E-state index contributed by atoms with van der Waals surface area (Å²) in [6.45, 7) is 7.51. The van der Waals surface area contributed by atoms with E-state index in [1.165, 1.54) is 44.2 Å². The standard InChI is InChI=1S/C9H8O4.C8H16/c1-5-2-3-6(8(10)11)4-7(5)9(12)13;1-3-5-7-8-6-4-2/h2-4H,1H3,(H,10,11)(H,12,13);3H,1,4-8H2,2H3. The van der Waals surface area contributed by atoms with Gasteiger partial charge in [-0.05, 0) is 37.5 Å². The normalized spacial score (nSPS) is 9.43. The van der Waals surface area contributed by atoms with Gasteiger partial charge in [-0.3, -0.25) is 0 Å². The van der Waals surface area contributed by atoms with Crippen LogP contribution in [0.25, 0.3) is 0 Å². The zero-order valence-electron chi connectivity index (χ0n) is 12.8. The van der Waals surface area contributed by atoms with Gasteiger partial charge in [0.1, 0.15) is 0 Å². The van der Waals surface area contributed by atoms with Crippen molar-refractivity contribution in [1.29, 1.82) is 0 Å². The summed E-state index contributed by atoms with van der Waals surface area (Å²) < 4.78 is 0. The first-order chi connectivity index (χ1) is 9.93. The minimum Gasteiger partial charge on any atom is -0.478 e. The van der Waals surface area contributed by atoms with Crippen molar-refractivity contribution >= 4 is 11.9 Å². The topological polar surface area (TPSA) is 74.6 Å². The molecule has 0 amide bonds. The Labute approximate surface area is 126 Å². The Morgan fingerprint density at radius 3 is 2.29 bits per heavy atom. The zero-order chi connectivity index (χ0) is 16.3. The minimum absolute atomic E-state index is 0.0111. The molecule has 0 bridgehead atoms. The molecule has 0 saturated carbocycles. The summed E-state index contributed by atoms with van der Waals surface area (Å²) in [6, 6.07) is 4.01. The summed E-state index contributed by atoms with van der Waals surface area (Å²) in [4.78, 5) is 21.1. The first-order valence-electron chi connectivity index (χ1n) is 7.12. The molecule has 1 aromatic carbocycles. The molecule has 21 heavy (non-hydrogen) atoms. The molecule has 4 nitrogen and oxygen atoms in total. The van der Waals surface area contributed by atoms with Crippen LogP contribution in [0.1, 0.15) is 65.3 Å². The number of carbonyl (C=O) groups is 2. The second-order valence-corrected chi connectivity index (χ2v) is 4.78. The number of carboxylic acids is 2. The third-order valence-electron chi connectivity index (χ3n) is 2.98. The van der Waals surface area contributed by atoms with Crippen molar-refractivity contribution < 1.29 is 19.8 Å². The lowest BCUT2D eigenvalue weighted by Gasteiger charge is -2.01. The first kappa shape index (κ1) is 18.9. The predicted molar refractivity (Wildman–Crippen MR) is 84.1 cm³/mol. The van der Waals surface area contributed by atoms with E-state index < -0.39 is 11.9 Å². The van der Waals surface area contributed by atoms with Gasteiger partial charge in [0.25, 0.3) is 0 Å². The number of unbranched alkanes of at least 4 members (excludes halogenated alkanes) is 4. The lowest BCUT2D eigenvalue weighted by molar-refractivity contribution is 0.0695. The van der Waals surface area contributed by atoms with Gasteiger partial charge in [0, 0.05) is 0 Å². The van der Waals surface area contributed by atoms with Gasteiger partial charge in [-0.1, -0.05) is 38.3 Å². The largest absolute Gasteiger partial charge is 0.478 e. The number of rotatable bonds is 7. The number of aryl methyl sites for hydroxylation is 1. The molecule has 0 atom stereocenters. The van der Waals surface area contributed by atoms with Crippen molar-refractivity contribution in [2.45, 2.75) is 46.0 Å². The molecule has 0 aliphatic heterocycles. The first-order valence-corrected chi connectivity index (χ1v) is 7.12. The molecule has 116 valence electrons. The van der Waals surface area contributed by atoms with Crippen molar-refractivity contribution in [3.63, 3.8) is 0 Å². The summed E-state index contributed by atoms with van der Waals surface area (Å²) in [6.07, 6.45) is 8.61. The molecule has 0 heterocycles. The van der Waals surface area contributed by atoms with Crippen LogP contribution < -0.4 is 0 Å². The maximum absolute atomic E-state index is 10.6. The predicted octanol–water partition coefficient (Wildman–Crippen LogP) is 4.53. The van der Waals surface area contributed by atoms with Crippen molar-refractivity contribution in [2.75, 3.05) is 0 Å². The maximum Gasteiger partial charge on any atom is 0.335 e. The van der Waals surface area contributed by atoms with E-state index in [2.05, 4.69) is 13.5 Å². The number of allylic oxidation sites excluding steroid dienone is 1. The Morgan fingerprint density at radius 2 is 1.81 bits per heavy atom. The summed E-state index contributed by atoms with van der Waals surface area (Å²) in [5.41, 5.74) is 0.570. The van der Waals surface area contributed by atoms with Gasteiger partial charge >= 0.3 is 11.9 Å². The highest BCUT2D eigenvalue weighted by atomic mass is 16.4. The van der Waals surface area contributed by atoms with Gasteiger partial charge in [0.05, 0.1) is 11.1 Å². The second-order valence-electron chi connectivity index (χ2n) is 4.78. The fourth-order valence-electron chi connectivity index (χ4n) is 1.70. The summed E-state index contributed by atoms with van der Waals surface area (Å²) in [5, 5.41) is 17.3. The van der Waals surface area contributed by atoms with Crippen LogP contribution in [0.4, 0.5) is 0 Å². The van der Waals surface area contributed by atoms with Crippen LogP contribution in [0.5, 0.6) is 0 Å². The molecule has 0 spiro atoms. The lowest BCUT2D eigenvalue weighted by Crippen LogP contribution is -2.03. The van der Waals surface area contributed by atoms with E-state index in [1.54, 1.807) is 6.92 Å². The zero-order valence-corrected chi connectivity index (χ0v) is 12.8. The number of hydrogen-bond acceptors (Lipinski definition) is 2. The van der Waals surface area contributed by atoms with E-state index in [9.17, 15) is 9.59 Å². The molecule has 0 aromatic heterocycles. The average Bonchev–Trinajstić information content (AvgIpc) is 2.44.